The van der Waals surface area contributed by atoms with E-state index in [0.717, 1.165) is 31.7 Å². The first-order valence-electron chi connectivity index (χ1n) is 10.6. The van der Waals surface area contributed by atoms with Gasteiger partial charge in [-0.2, -0.15) is 11.8 Å². The second kappa shape index (κ2) is 13.9. The van der Waals surface area contributed by atoms with Crippen molar-refractivity contribution in [3.8, 4) is 5.75 Å². The molecule has 166 valence electrons. The molecule has 30 heavy (non-hydrogen) atoms. The van der Waals surface area contributed by atoms with Crippen LogP contribution in [0.5, 0.6) is 5.75 Å². The Kier molecular flexibility index (Phi) is 11.1. The van der Waals surface area contributed by atoms with Gasteiger partial charge in [0.25, 0.3) is 5.91 Å². The van der Waals surface area contributed by atoms with E-state index in [4.69, 9.17) is 4.74 Å². The van der Waals surface area contributed by atoms with Gasteiger partial charge in [-0.15, -0.1) is 0 Å². The van der Waals surface area contributed by atoms with Gasteiger partial charge in [-0.25, -0.2) is 0 Å². The van der Waals surface area contributed by atoms with Crippen LogP contribution < -0.4 is 15.4 Å². The van der Waals surface area contributed by atoms with Crippen LogP contribution in [0.4, 0.5) is 0 Å². The molecule has 2 N–H and O–H groups in total. The zero-order chi connectivity index (χ0) is 21.6. The second-order valence-corrected chi connectivity index (χ2v) is 8.32. The van der Waals surface area contributed by atoms with E-state index in [1.807, 2.05) is 29.4 Å². The van der Waals surface area contributed by atoms with Crippen molar-refractivity contribution in [3.05, 3.63) is 30.3 Å². The molecule has 1 aliphatic heterocycles. The number of likely N-dealkylation sites (tertiary alicyclic amines) is 1. The highest BCUT2D eigenvalue weighted by molar-refractivity contribution is 7.98. The summed E-state index contributed by atoms with van der Waals surface area (Å²) in [6.07, 6.45) is 7.19. The third-order valence-corrected chi connectivity index (χ3v) is 5.62. The molecule has 7 nitrogen and oxygen atoms in total. The van der Waals surface area contributed by atoms with Gasteiger partial charge in [0.15, 0.2) is 6.61 Å². The highest BCUT2D eigenvalue weighted by Gasteiger charge is 2.21. The summed E-state index contributed by atoms with van der Waals surface area (Å²) in [4.78, 5) is 39.1. The van der Waals surface area contributed by atoms with Gasteiger partial charge in [0.05, 0.1) is 0 Å². The molecule has 0 radical (unpaired) electrons. The lowest BCUT2D eigenvalue weighted by Gasteiger charge is -2.21. The molecule has 0 spiro atoms. The van der Waals surface area contributed by atoms with Crippen LogP contribution in [-0.4, -0.2) is 66.9 Å². The number of rotatable bonds is 11. The first-order chi connectivity index (χ1) is 14.6. The summed E-state index contributed by atoms with van der Waals surface area (Å²) in [6.45, 7) is 1.74. The molecule has 3 amide bonds. The van der Waals surface area contributed by atoms with Gasteiger partial charge >= 0.3 is 0 Å². The fourth-order valence-corrected chi connectivity index (χ4v) is 3.77. The lowest BCUT2D eigenvalue weighted by Crippen LogP contribution is -2.49. The Morgan fingerprint density at radius 2 is 1.80 bits per heavy atom. The third kappa shape index (κ3) is 9.07. The van der Waals surface area contributed by atoms with Crippen molar-refractivity contribution in [1.82, 2.24) is 15.5 Å². The van der Waals surface area contributed by atoms with Crippen LogP contribution in [0.15, 0.2) is 30.3 Å². The normalized spacial score (nSPS) is 15.0. The Balaban J connectivity index is 1.76. The Morgan fingerprint density at radius 1 is 1.10 bits per heavy atom. The summed E-state index contributed by atoms with van der Waals surface area (Å²) in [6, 6.07) is 8.42. The fraction of sp³-hybridized carbons (Fsp3) is 0.591. The minimum Gasteiger partial charge on any atom is -0.484 e. The van der Waals surface area contributed by atoms with Gasteiger partial charge in [0.2, 0.25) is 11.8 Å². The number of para-hydroxylation sites is 1. The molecule has 0 saturated carbocycles. The number of carbonyl (C=O) groups is 3. The molecule has 1 heterocycles. The maximum absolute atomic E-state index is 12.6. The zero-order valence-corrected chi connectivity index (χ0v) is 18.5. The Bertz CT molecular complexity index is 664. The van der Waals surface area contributed by atoms with Crippen LogP contribution in [0.2, 0.25) is 0 Å². The molecule has 1 atom stereocenters. The summed E-state index contributed by atoms with van der Waals surface area (Å²) in [5, 5.41) is 5.55. The highest BCUT2D eigenvalue weighted by Crippen LogP contribution is 2.11. The minimum absolute atomic E-state index is 0.0816. The zero-order valence-electron chi connectivity index (χ0n) is 17.7. The molecule has 1 aliphatic rings. The number of benzene rings is 1. The molecular formula is C22H33N3O4S. The van der Waals surface area contributed by atoms with Crippen LogP contribution >= 0.6 is 11.8 Å². The number of amides is 3. The molecule has 1 aromatic carbocycles. The SMILES string of the molecule is CSCCC(NC(=O)COc1ccccc1)C(=O)NCCC(=O)N1CCCCCC1. The van der Waals surface area contributed by atoms with Crippen molar-refractivity contribution in [2.24, 2.45) is 0 Å². The van der Waals surface area contributed by atoms with E-state index in [1.165, 1.54) is 12.8 Å². The van der Waals surface area contributed by atoms with E-state index in [2.05, 4.69) is 10.6 Å². The quantitative estimate of drug-likeness (QED) is 0.556. The number of nitrogens with zero attached hydrogens (tertiary/aromatic N) is 1. The van der Waals surface area contributed by atoms with Crippen molar-refractivity contribution in [1.29, 1.82) is 0 Å². The molecule has 1 fully saturated rings. The smallest absolute Gasteiger partial charge is 0.258 e. The van der Waals surface area contributed by atoms with Crippen LogP contribution in [-0.2, 0) is 14.4 Å². The molecule has 0 aromatic heterocycles. The van der Waals surface area contributed by atoms with E-state index < -0.39 is 6.04 Å². The molecule has 1 aromatic rings. The third-order valence-electron chi connectivity index (χ3n) is 4.97. The van der Waals surface area contributed by atoms with Crippen LogP contribution in [0.3, 0.4) is 0 Å². The number of hydrogen-bond acceptors (Lipinski definition) is 5. The first kappa shape index (κ1) is 24.1. The van der Waals surface area contributed by atoms with E-state index in [9.17, 15) is 14.4 Å². The topological polar surface area (TPSA) is 87.7 Å². The first-order valence-corrected chi connectivity index (χ1v) is 12.0. The summed E-state index contributed by atoms with van der Waals surface area (Å²) >= 11 is 1.61. The maximum atomic E-state index is 12.6. The van der Waals surface area contributed by atoms with E-state index >= 15 is 0 Å². The highest BCUT2D eigenvalue weighted by atomic mass is 32.2. The average molecular weight is 436 g/mol. The second-order valence-electron chi connectivity index (χ2n) is 7.34. The molecule has 1 unspecified atom stereocenters. The number of hydrogen-bond donors (Lipinski definition) is 2. The standard InChI is InChI=1S/C22H33N3O4S/c1-30-16-12-19(24-20(26)17-29-18-9-5-4-6-10-18)22(28)23-13-11-21(27)25-14-7-2-3-8-15-25/h4-6,9-10,19H,2-3,7-8,11-17H2,1H3,(H,23,28)(H,24,26). The number of ether oxygens (including phenoxy) is 1. The van der Waals surface area contributed by atoms with Gasteiger partial charge in [0, 0.05) is 26.1 Å². The predicted molar refractivity (Wildman–Crippen MR) is 120 cm³/mol. The van der Waals surface area contributed by atoms with Gasteiger partial charge in [0.1, 0.15) is 11.8 Å². The molecule has 1 saturated heterocycles. The van der Waals surface area contributed by atoms with Gasteiger partial charge in [-0.1, -0.05) is 31.0 Å². The van der Waals surface area contributed by atoms with Crippen molar-refractivity contribution in [3.63, 3.8) is 0 Å². The molecule has 0 aliphatic carbocycles. The average Bonchev–Trinajstić information content (AvgIpc) is 3.05. The van der Waals surface area contributed by atoms with Crippen molar-refractivity contribution < 1.29 is 19.1 Å². The lowest BCUT2D eigenvalue weighted by molar-refractivity contribution is -0.132. The van der Waals surface area contributed by atoms with Gasteiger partial charge in [-0.3, -0.25) is 14.4 Å². The number of thioether (sulfide) groups is 1. The maximum Gasteiger partial charge on any atom is 0.258 e. The molecule has 0 bridgehead atoms. The summed E-state index contributed by atoms with van der Waals surface area (Å²) in [5.74, 6) is 0.814. The largest absolute Gasteiger partial charge is 0.484 e. The lowest BCUT2D eigenvalue weighted by atomic mass is 10.2. The molecular weight excluding hydrogens is 402 g/mol. The Hall–Kier alpha value is -2.22. The van der Waals surface area contributed by atoms with Crippen molar-refractivity contribution in [2.75, 3.05) is 38.2 Å². The van der Waals surface area contributed by atoms with Crippen LogP contribution in [0.1, 0.15) is 38.5 Å². The van der Waals surface area contributed by atoms with Crippen molar-refractivity contribution in [2.45, 2.75) is 44.6 Å². The predicted octanol–water partition coefficient (Wildman–Crippen LogP) is 2.21. The van der Waals surface area contributed by atoms with E-state index in [0.29, 0.717) is 12.2 Å². The van der Waals surface area contributed by atoms with E-state index in [1.54, 1.807) is 23.9 Å². The van der Waals surface area contributed by atoms with Crippen LogP contribution in [0, 0.1) is 0 Å². The summed E-state index contributed by atoms with van der Waals surface area (Å²) in [7, 11) is 0. The fourth-order valence-electron chi connectivity index (χ4n) is 3.30. The van der Waals surface area contributed by atoms with E-state index in [-0.39, 0.29) is 37.3 Å². The van der Waals surface area contributed by atoms with Gasteiger partial charge in [-0.05, 0) is 43.4 Å². The summed E-state index contributed by atoms with van der Waals surface area (Å²) < 4.78 is 5.44. The molecule has 8 heteroatoms. The number of nitrogens with one attached hydrogen (secondary N) is 2. The Morgan fingerprint density at radius 3 is 2.47 bits per heavy atom. The Labute approximate surface area is 183 Å². The molecule has 2 rings (SSSR count). The van der Waals surface area contributed by atoms with Crippen LogP contribution in [0.25, 0.3) is 0 Å². The number of carbonyl (C=O) groups excluding carboxylic acids is 3. The van der Waals surface area contributed by atoms with Crippen molar-refractivity contribution >= 4 is 29.5 Å². The summed E-state index contributed by atoms with van der Waals surface area (Å²) in [5.41, 5.74) is 0. The minimum atomic E-state index is -0.641. The monoisotopic (exact) mass is 435 g/mol. The van der Waals surface area contributed by atoms with Gasteiger partial charge < -0.3 is 20.3 Å².